The van der Waals surface area contributed by atoms with Crippen molar-refractivity contribution in [3.8, 4) is 5.75 Å². The Kier molecular flexibility index (Phi) is 1.69. The summed E-state index contributed by atoms with van der Waals surface area (Å²) in [4.78, 5) is 10.6. The summed E-state index contributed by atoms with van der Waals surface area (Å²) in [5, 5.41) is 0. The minimum atomic E-state index is -0.410. The zero-order valence-electron chi connectivity index (χ0n) is 4.96. The van der Waals surface area contributed by atoms with Crippen molar-refractivity contribution in [3.63, 3.8) is 0 Å². The Hall–Kier alpha value is -1.03. The molecule has 3 nitrogen and oxygen atoms in total. The van der Waals surface area contributed by atoms with Crippen LogP contribution >= 0.6 is 0 Å². The Morgan fingerprint density at radius 2 is 2.44 bits per heavy atom. The van der Waals surface area contributed by atoms with E-state index in [9.17, 15) is 4.79 Å². The van der Waals surface area contributed by atoms with Crippen molar-refractivity contribution in [2.75, 3.05) is 0 Å². The van der Waals surface area contributed by atoms with Crippen molar-refractivity contribution < 1.29 is 8.84 Å². The van der Waals surface area contributed by atoms with E-state index in [1.54, 1.807) is 12.1 Å². The van der Waals surface area contributed by atoms with E-state index in [1.807, 2.05) is 0 Å². The van der Waals surface area contributed by atoms with Crippen LogP contribution in [0.3, 0.4) is 0 Å². The van der Waals surface area contributed by atoms with E-state index in [-0.39, 0.29) is 0 Å². The molecule has 1 heterocycles. The van der Waals surface area contributed by atoms with Crippen LogP contribution in [-0.4, -0.2) is 10.5 Å². The highest BCUT2D eigenvalue weighted by Crippen LogP contribution is 1.97. The third-order valence-electron chi connectivity index (χ3n) is 0.922. The first-order valence-electron chi connectivity index (χ1n) is 2.46. The first kappa shape index (κ1) is 6.09. The first-order chi connectivity index (χ1) is 4.34. The van der Waals surface area contributed by atoms with Gasteiger partial charge in [-0.05, 0) is 12.1 Å². The first-order valence-corrected chi connectivity index (χ1v) is 3.28. The van der Waals surface area contributed by atoms with Gasteiger partial charge in [0.2, 0.25) is 10.5 Å². The molecule has 0 unspecified atom stereocenters. The van der Waals surface area contributed by atoms with E-state index in [2.05, 4.69) is 4.42 Å². The Balaban J connectivity index is 3.16. The van der Waals surface area contributed by atoms with E-state index >= 15 is 0 Å². The molecule has 0 aliphatic heterocycles. The fourth-order valence-corrected chi connectivity index (χ4v) is 0.808. The van der Waals surface area contributed by atoms with Gasteiger partial charge < -0.3 is 8.84 Å². The fourth-order valence-electron chi connectivity index (χ4n) is 0.505. The summed E-state index contributed by atoms with van der Waals surface area (Å²) >= 11 is 0. The summed E-state index contributed by atoms with van der Waals surface area (Å²) in [6.45, 7) is 0. The molecule has 1 rings (SSSR count). The van der Waals surface area contributed by atoms with E-state index in [4.69, 9.17) is 4.43 Å². The van der Waals surface area contributed by atoms with Crippen molar-refractivity contribution in [1.29, 1.82) is 0 Å². The SMILES string of the molecule is O=c1occcc1O[SiH3]. The number of rotatable bonds is 1. The standard InChI is InChI=1S/C5H6O3Si/c6-5-4(8-9)2-1-3-7-5/h1-3H,9H3. The molecule has 0 spiro atoms. The minimum Gasteiger partial charge on any atom is -0.548 e. The molecule has 0 aliphatic rings. The number of hydrogen-bond acceptors (Lipinski definition) is 3. The Morgan fingerprint density at radius 3 is 2.89 bits per heavy atom. The third kappa shape index (κ3) is 1.20. The molecule has 48 valence electrons. The lowest BCUT2D eigenvalue weighted by Crippen LogP contribution is -2.02. The highest BCUT2D eigenvalue weighted by atomic mass is 28.2. The van der Waals surface area contributed by atoms with Gasteiger partial charge in [0.25, 0.3) is 0 Å². The third-order valence-corrected chi connectivity index (χ3v) is 1.36. The second kappa shape index (κ2) is 2.50. The lowest BCUT2D eigenvalue weighted by molar-refractivity contribution is 0.469. The Labute approximate surface area is 54.8 Å². The van der Waals surface area contributed by atoms with Crippen LogP contribution in [-0.2, 0) is 0 Å². The Bertz CT molecular complexity index is 242. The van der Waals surface area contributed by atoms with Crippen LogP contribution in [0.5, 0.6) is 5.75 Å². The molecule has 0 atom stereocenters. The van der Waals surface area contributed by atoms with Crippen LogP contribution in [0.15, 0.2) is 27.6 Å². The monoisotopic (exact) mass is 142 g/mol. The molecule has 0 radical (unpaired) electrons. The van der Waals surface area contributed by atoms with Crippen LogP contribution < -0.4 is 10.1 Å². The highest BCUT2D eigenvalue weighted by molar-refractivity contribution is 5.99. The van der Waals surface area contributed by atoms with Crippen molar-refractivity contribution in [2.45, 2.75) is 0 Å². The van der Waals surface area contributed by atoms with E-state index in [0.717, 1.165) is 0 Å². The maximum atomic E-state index is 10.6. The molecule has 0 aliphatic carbocycles. The molecule has 0 N–H and O–H groups in total. The average Bonchev–Trinajstić information content (AvgIpc) is 1.89. The van der Waals surface area contributed by atoms with Crippen molar-refractivity contribution in [3.05, 3.63) is 28.8 Å². The molecule has 0 saturated heterocycles. The number of hydrogen-bond donors (Lipinski definition) is 0. The van der Waals surface area contributed by atoms with E-state index in [0.29, 0.717) is 16.2 Å². The summed E-state index contributed by atoms with van der Waals surface area (Å²) in [6, 6.07) is 3.20. The molecule has 0 fully saturated rings. The van der Waals surface area contributed by atoms with Gasteiger partial charge in [-0.3, -0.25) is 0 Å². The smallest absolute Gasteiger partial charge is 0.376 e. The predicted molar refractivity (Wildman–Crippen MR) is 35.5 cm³/mol. The highest BCUT2D eigenvalue weighted by Gasteiger charge is 1.93. The topological polar surface area (TPSA) is 39.4 Å². The van der Waals surface area contributed by atoms with Gasteiger partial charge in [-0.2, -0.15) is 0 Å². The maximum Gasteiger partial charge on any atom is 0.376 e. The fraction of sp³-hybridized carbons (Fsp3) is 0. The molecule has 0 aromatic carbocycles. The molecule has 0 amide bonds. The molecule has 9 heavy (non-hydrogen) atoms. The van der Waals surface area contributed by atoms with Crippen LogP contribution in [0.25, 0.3) is 0 Å². The average molecular weight is 142 g/mol. The van der Waals surface area contributed by atoms with Crippen molar-refractivity contribution >= 4 is 10.5 Å². The molecule has 0 bridgehead atoms. The largest absolute Gasteiger partial charge is 0.548 e. The lowest BCUT2D eigenvalue weighted by Gasteiger charge is -1.93. The van der Waals surface area contributed by atoms with Crippen LogP contribution in [0, 0.1) is 0 Å². The summed E-state index contributed by atoms with van der Waals surface area (Å²) in [7, 11) is 0.515. The van der Waals surface area contributed by atoms with Gasteiger partial charge >= 0.3 is 5.63 Å². The van der Waals surface area contributed by atoms with Gasteiger partial charge in [0, 0.05) is 0 Å². The van der Waals surface area contributed by atoms with Gasteiger partial charge in [0.1, 0.15) is 0 Å². The summed E-state index contributed by atoms with van der Waals surface area (Å²) < 4.78 is 9.27. The van der Waals surface area contributed by atoms with E-state index in [1.165, 1.54) is 6.26 Å². The quantitative estimate of drug-likeness (QED) is 0.487. The predicted octanol–water partition coefficient (Wildman–Crippen LogP) is -0.701. The van der Waals surface area contributed by atoms with Gasteiger partial charge in [-0.1, -0.05) is 0 Å². The van der Waals surface area contributed by atoms with Crippen LogP contribution in [0.1, 0.15) is 0 Å². The Morgan fingerprint density at radius 1 is 1.67 bits per heavy atom. The second-order valence-corrected chi connectivity index (χ2v) is 1.88. The minimum absolute atomic E-state index is 0.296. The summed E-state index contributed by atoms with van der Waals surface area (Å²) in [5.74, 6) is 0.296. The molecule has 1 aromatic heterocycles. The second-order valence-electron chi connectivity index (χ2n) is 1.47. The normalized spacial score (nSPS) is 9.33. The molecular weight excluding hydrogens is 136 g/mol. The maximum absolute atomic E-state index is 10.6. The summed E-state index contributed by atoms with van der Waals surface area (Å²) in [5.41, 5.74) is -0.410. The van der Waals surface area contributed by atoms with E-state index < -0.39 is 5.63 Å². The zero-order chi connectivity index (χ0) is 6.69. The summed E-state index contributed by atoms with van der Waals surface area (Å²) in [6.07, 6.45) is 1.33. The molecule has 1 aromatic rings. The lowest BCUT2D eigenvalue weighted by atomic mass is 10.5. The van der Waals surface area contributed by atoms with Crippen LogP contribution in [0.4, 0.5) is 0 Å². The molecular formula is C5H6O3Si. The van der Waals surface area contributed by atoms with Gasteiger partial charge in [0.15, 0.2) is 5.75 Å². The molecule has 4 heteroatoms. The van der Waals surface area contributed by atoms with Gasteiger partial charge in [0.05, 0.1) is 6.26 Å². The zero-order valence-corrected chi connectivity index (χ0v) is 6.96. The van der Waals surface area contributed by atoms with Gasteiger partial charge in [-0.15, -0.1) is 0 Å². The van der Waals surface area contributed by atoms with Crippen molar-refractivity contribution in [1.82, 2.24) is 0 Å². The van der Waals surface area contributed by atoms with Crippen LogP contribution in [0.2, 0.25) is 0 Å². The van der Waals surface area contributed by atoms with Crippen molar-refractivity contribution in [2.24, 2.45) is 0 Å². The van der Waals surface area contributed by atoms with Gasteiger partial charge in [-0.25, -0.2) is 4.79 Å². The molecule has 0 saturated carbocycles.